The molecule has 1 N–H and O–H groups in total. The summed E-state index contributed by atoms with van der Waals surface area (Å²) < 4.78 is 16.6. The molecule has 1 atom stereocenters. The van der Waals surface area contributed by atoms with Gasteiger partial charge in [-0.2, -0.15) is 0 Å². The van der Waals surface area contributed by atoms with Gasteiger partial charge in [0.15, 0.2) is 10.4 Å². The number of halogens is 2. The molecule has 0 saturated carbocycles. The van der Waals surface area contributed by atoms with Crippen LogP contribution in [0.3, 0.4) is 0 Å². The quantitative estimate of drug-likeness (QED) is 0.557. The molecule has 0 aliphatic heterocycles. The van der Waals surface area contributed by atoms with Crippen LogP contribution in [0, 0.1) is 6.92 Å². The summed E-state index contributed by atoms with van der Waals surface area (Å²) in [7, 11) is 0. The Kier molecular flexibility index (Phi) is 5.15. The predicted molar refractivity (Wildman–Crippen MR) is 96.6 cm³/mol. The van der Waals surface area contributed by atoms with E-state index in [1.54, 1.807) is 38.1 Å². The van der Waals surface area contributed by atoms with Crippen molar-refractivity contribution >= 4 is 39.3 Å². The molecule has 3 rings (SSSR count). The van der Waals surface area contributed by atoms with E-state index in [9.17, 15) is 4.79 Å². The van der Waals surface area contributed by atoms with Crippen molar-refractivity contribution in [2.45, 2.75) is 20.0 Å². The zero-order valence-corrected chi connectivity index (χ0v) is 15.7. The SMILES string of the molecule is Cc1noc(-c2ccc(Br)o2)c1NC(=O)OC(C)c1ccccc1Cl. The van der Waals surface area contributed by atoms with Gasteiger partial charge in [-0.3, -0.25) is 5.32 Å². The minimum absolute atomic E-state index is 0.311. The number of aromatic nitrogens is 1. The summed E-state index contributed by atoms with van der Waals surface area (Å²) in [4.78, 5) is 12.3. The van der Waals surface area contributed by atoms with Gasteiger partial charge in [0.25, 0.3) is 0 Å². The van der Waals surface area contributed by atoms with Gasteiger partial charge in [0.2, 0.25) is 5.76 Å². The molecule has 6 nitrogen and oxygen atoms in total. The third-order valence-electron chi connectivity index (χ3n) is 3.51. The van der Waals surface area contributed by atoms with Crippen LogP contribution in [0.2, 0.25) is 5.02 Å². The summed E-state index contributed by atoms with van der Waals surface area (Å²) in [6.45, 7) is 3.45. The fourth-order valence-electron chi connectivity index (χ4n) is 2.28. The van der Waals surface area contributed by atoms with Crippen LogP contribution in [0.15, 0.2) is 50.0 Å². The van der Waals surface area contributed by atoms with Crippen LogP contribution >= 0.6 is 27.5 Å². The predicted octanol–water partition coefficient (Wildman–Crippen LogP) is 5.97. The molecule has 0 aliphatic rings. The number of hydrogen-bond acceptors (Lipinski definition) is 5. The summed E-state index contributed by atoms with van der Waals surface area (Å²) in [5.41, 5.74) is 1.61. The summed E-state index contributed by atoms with van der Waals surface area (Å²) in [5.74, 6) is 0.743. The molecule has 25 heavy (non-hydrogen) atoms. The standard InChI is InChI=1S/C17H14BrClN2O4/c1-9-15(16(25-21-9)13-7-8-14(18)24-13)20-17(22)23-10(2)11-5-3-4-6-12(11)19/h3-8,10H,1-2H3,(H,20,22). The van der Waals surface area contributed by atoms with Gasteiger partial charge in [-0.25, -0.2) is 4.79 Å². The normalized spacial score (nSPS) is 12.0. The Morgan fingerprint density at radius 3 is 2.76 bits per heavy atom. The lowest BCUT2D eigenvalue weighted by Crippen LogP contribution is -2.16. The Morgan fingerprint density at radius 1 is 1.32 bits per heavy atom. The number of carbonyl (C=O) groups excluding carboxylic acids is 1. The number of nitrogens with one attached hydrogen (secondary N) is 1. The highest BCUT2D eigenvalue weighted by Gasteiger charge is 2.22. The van der Waals surface area contributed by atoms with Crippen LogP contribution in [0.5, 0.6) is 0 Å². The van der Waals surface area contributed by atoms with E-state index in [4.69, 9.17) is 25.3 Å². The van der Waals surface area contributed by atoms with Crippen molar-refractivity contribution in [3.63, 3.8) is 0 Å². The highest BCUT2D eigenvalue weighted by Crippen LogP contribution is 2.34. The van der Waals surface area contributed by atoms with E-state index in [0.717, 1.165) is 5.56 Å². The number of benzene rings is 1. The molecule has 130 valence electrons. The van der Waals surface area contributed by atoms with E-state index in [-0.39, 0.29) is 0 Å². The molecule has 2 aromatic heterocycles. The molecule has 0 fully saturated rings. The van der Waals surface area contributed by atoms with Crippen molar-refractivity contribution in [3.8, 4) is 11.5 Å². The number of rotatable bonds is 4. The fraction of sp³-hybridized carbons (Fsp3) is 0.176. The van der Waals surface area contributed by atoms with Gasteiger partial charge in [-0.1, -0.05) is 35.0 Å². The zero-order chi connectivity index (χ0) is 18.0. The van der Waals surface area contributed by atoms with E-state index in [1.807, 2.05) is 12.1 Å². The first-order chi connectivity index (χ1) is 12.0. The average Bonchev–Trinajstić information content (AvgIpc) is 3.14. The van der Waals surface area contributed by atoms with Crippen molar-refractivity contribution in [1.29, 1.82) is 0 Å². The Balaban J connectivity index is 1.76. The lowest BCUT2D eigenvalue weighted by atomic mass is 10.1. The second kappa shape index (κ2) is 7.33. The maximum absolute atomic E-state index is 12.3. The van der Waals surface area contributed by atoms with Gasteiger partial charge in [-0.05, 0) is 48.0 Å². The monoisotopic (exact) mass is 424 g/mol. The molecule has 2 heterocycles. The molecule has 1 aromatic carbocycles. The number of ether oxygens (including phenoxy) is 1. The van der Waals surface area contributed by atoms with Crippen molar-refractivity contribution in [1.82, 2.24) is 5.16 Å². The van der Waals surface area contributed by atoms with Crippen LogP contribution < -0.4 is 5.32 Å². The van der Waals surface area contributed by atoms with Crippen LogP contribution in [-0.2, 0) is 4.74 Å². The number of anilines is 1. The van der Waals surface area contributed by atoms with Crippen LogP contribution in [0.4, 0.5) is 10.5 Å². The minimum atomic E-state index is -0.648. The molecule has 0 bridgehead atoms. The van der Waals surface area contributed by atoms with E-state index in [1.165, 1.54) is 0 Å². The molecule has 1 unspecified atom stereocenters. The van der Waals surface area contributed by atoms with Crippen molar-refractivity contribution in [2.75, 3.05) is 5.32 Å². The average molecular weight is 426 g/mol. The summed E-state index contributed by atoms with van der Waals surface area (Å²) >= 11 is 9.35. The Morgan fingerprint density at radius 2 is 2.08 bits per heavy atom. The van der Waals surface area contributed by atoms with Crippen LogP contribution in [0.1, 0.15) is 24.3 Å². The lowest BCUT2D eigenvalue weighted by molar-refractivity contribution is 0.121. The van der Waals surface area contributed by atoms with E-state index in [0.29, 0.717) is 32.6 Å². The Labute approximate surface area is 157 Å². The Bertz CT molecular complexity index is 906. The van der Waals surface area contributed by atoms with E-state index < -0.39 is 12.2 Å². The molecule has 0 spiro atoms. The highest BCUT2D eigenvalue weighted by molar-refractivity contribution is 9.10. The molecule has 0 radical (unpaired) electrons. The molecule has 0 saturated heterocycles. The van der Waals surface area contributed by atoms with Gasteiger partial charge in [0.05, 0.1) is 0 Å². The highest BCUT2D eigenvalue weighted by atomic mass is 79.9. The smallest absolute Gasteiger partial charge is 0.412 e. The molecule has 1 amide bonds. The minimum Gasteiger partial charge on any atom is -0.446 e. The van der Waals surface area contributed by atoms with Crippen molar-refractivity contribution in [3.05, 3.63) is 57.3 Å². The molecule has 0 aliphatic carbocycles. The summed E-state index contributed by atoms with van der Waals surface area (Å²) in [6, 6.07) is 10.6. The molecular weight excluding hydrogens is 412 g/mol. The second-order valence-corrected chi connectivity index (χ2v) is 6.46. The summed E-state index contributed by atoms with van der Waals surface area (Å²) in [6.07, 6.45) is -1.17. The lowest BCUT2D eigenvalue weighted by Gasteiger charge is -2.15. The first-order valence-electron chi connectivity index (χ1n) is 7.39. The maximum Gasteiger partial charge on any atom is 0.412 e. The van der Waals surface area contributed by atoms with Gasteiger partial charge >= 0.3 is 6.09 Å². The van der Waals surface area contributed by atoms with E-state index in [2.05, 4.69) is 26.4 Å². The first-order valence-corrected chi connectivity index (χ1v) is 8.57. The zero-order valence-electron chi connectivity index (χ0n) is 13.4. The van der Waals surface area contributed by atoms with Gasteiger partial charge in [-0.15, -0.1) is 0 Å². The number of furan rings is 1. The van der Waals surface area contributed by atoms with E-state index >= 15 is 0 Å². The van der Waals surface area contributed by atoms with Gasteiger partial charge in [0.1, 0.15) is 17.5 Å². The van der Waals surface area contributed by atoms with Crippen LogP contribution in [0.25, 0.3) is 11.5 Å². The number of amides is 1. The number of carbonyl (C=O) groups is 1. The summed E-state index contributed by atoms with van der Waals surface area (Å²) in [5, 5.41) is 7.05. The maximum atomic E-state index is 12.3. The van der Waals surface area contributed by atoms with Gasteiger partial charge in [0, 0.05) is 10.6 Å². The number of aryl methyl sites for hydroxylation is 1. The third kappa shape index (κ3) is 3.88. The Hall–Kier alpha value is -2.25. The molecule has 3 aromatic rings. The largest absolute Gasteiger partial charge is 0.446 e. The number of nitrogens with zero attached hydrogens (tertiary/aromatic N) is 1. The van der Waals surface area contributed by atoms with Crippen molar-refractivity contribution < 1.29 is 18.5 Å². The third-order valence-corrected chi connectivity index (χ3v) is 4.28. The topological polar surface area (TPSA) is 77.5 Å². The molecular formula is C17H14BrClN2O4. The van der Waals surface area contributed by atoms with Crippen molar-refractivity contribution in [2.24, 2.45) is 0 Å². The van der Waals surface area contributed by atoms with Crippen LogP contribution in [-0.4, -0.2) is 11.2 Å². The molecule has 8 heteroatoms. The number of hydrogen-bond donors (Lipinski definition) is 1. The fourth-order valence-corrected chi connectivity index (χ4v) is 2.88. The second-order valence-electron chi connectivity index (χ2n) is 5.27. The van der Waals surface area contributed by atoms with Gasteiger partial charge < -0.3 is 13.7 Å². The first kappa shape index (κ1) is 17.6.